The molecule has 0 saturated carbocycles. The van der Waals surface area contributed by atoms with Crippen LogP contribution in [0.3, 0.4) is 0 Å². The SMILES string of the molecule is CC1(C)c2ccccc2-c2ccc(-c3nc(-c4ccccc4)nc(-c4cc5ccccc5c5c4oc4c(-c6ccc(-c7ccc8ccccc8c7)cc6)cccc45)n3)cc21. The first-order valence-electron chi connectivity index (χ1n) is 20.5. The van der Waals surface area contributed by atoms with Gasteiger partial charge in [0.25, 0.3) is 0 Å². The molecular formula is C56H37N3O. The van der Waals surface area contributed by atoms with Gasteiger partial charge in [-0.2, -0.15) is 0 Å². The Bertz CT molecular complexity index is 3510. The van der Waals surface area contributed by atoms with Gasteiger partial charge in [0.05, 0.1) is 5.56 Å². The van der Waals surface area contributed by atoms with Crippen molar-refractivity contribution in [3.8, 4) is 67.5 Å². The van der Waals surface area contributed by atoms with Crippen molar-refractivity contribution in [2.24, 2.45) is 0 Å². The smallest absolute Gasteiger partial charge is 0.167 e. The van der Waals surface area contributed by atoms with Gasteiger partial charge >= 0.3 is 0 Å². The number of hydrogen-bond acceptors (Lipinski definition) is 4. The molecule has 0 fully saturated rings. The molecule has 0 amide bonds. The largest absolute Gasteiger partial charge is 0.455 e. The maximum absolute atomic E-state index is 7.11. The minimum atomic E-state index is -0.159. The second kappa shape index (κ2) is 13.2. The molecular weight excluding hydrogens is 731 g/mol. The van der Waals surface area contributed by atoms with E-state index in [1.807, 2.05) is 18.2 Å². The lowest BCUT2D eigenvalue weighted by atomic mass is 9.82. The molecule has 0 spiro atoms. The number of furan rings is 1. The number of benzene rings is 9. The maximum Gasteiger partial charge on any atom is 0.167 e. The van der Waals surface area contributed by atoms with Crippen LogP contribution in [0.5, 0.6) is 0 Å². The van der Waals surface area contributed by atoms with Crippen molar-refractivity contribution in [2.45, 2.75) is 19.3 Å². The van der Waals surface area contributed by atoms with E-state index >= 15 is 0 Å². The van der Waals surface area contributed by atoms with E-state index in [9.17, 15) is 0 Å². The Morgan fingerprint density at radius 3 is 1.82 bits per heavy atom. The van der Waals surface area contributed by atoms with Crippen LogP contribution in [-0.2, 0) is 5.41 Å². The molecule has 1 aliphatic carbocycles. The van der Waals surface area contributed by atoms with Gasteiger partial charge in [0.15, 0.2) is 17.5 Å². The molecule has 1 aliphatic rings. The summed E-state index contributed by atoms with van der Waals surface area (Å²) >= 11 is 0. The first-order chi connectivity index (χ1) is 29.5. The van der Waals surface area contributed by atoms with Crippen LogP contribution in [0.4, 0.5) is 0 Å². The number of rotatable bonds is 5. The van der Waals surface area contributed by atoms with E-state index in [-0.39, 0.29) is 5.41 Å². The highest BCUT2D eigenvalue weighted by molar-refractivity contribution is 6.23. The molecule has 0 atom stereocenters. The van der Waals surface area contributed by atoms with Crippen LogP contribution in [0.2, 0.25) is 0 Å². The van der Waals surface area contributed by atoms with E-state index in [1.165, 1.54) is 44.2 Å². The lowest BCUT2D eigenvalue weighted by Gasteiger charge is -2.21. The summed E-state index contributed by atoms with van der Waals surface area (Å²) in [6.45, 7) is 4.60. The molecule has 0 saturated heterocycles. The molecule has 60 heavy (non-hydrogen) atoms. The van der Waals surface area contributed by atoms with Gasteiger partial charge in [-0.05, 0) is 78.7 Å². The van der Waals surface area contributed by atoms with Crippen molar-refractivity contribution < 1.29 is 4.42 Å². The van der Waals surface area contributed by atoms with E-state index < -0.39 is 0 Å². The van der Waals surface area contributed by atoms with Crippen molar-refractivity contribution in [2.75, 3.05) is 0 Å². The minimum absolute atomic E-state index is 0.159. The molecule has 4 heteroatoms. The quantitative estimate of drug-likeness (QED) is 0.175. The molecule has 0 radical (unpaired) electrons. The Balaban J connectivity index is 1.04. The number of hydrogen-bond donors (Lipinski definition) is 0. The lowest BCUT2D eigenvalue weighted by Crippen LogP contribution is -2.15. The lowest BCUT2D eigenvalue weighted by molar-refractivity contribution is 0.660. The summed E-state index contributed by atoms with van der Waals surface area (Å²) in [5.74, 6) is 1.80. The van der Waals surface area contributed by atoms with Crippen LogP contribution in [-0.4, -0.2) is 15.0 Å². The van der Waals surface area contributed by atoms with Gasteiger partial charge in [-0.25, -0.2) is 15.0 Å². The van der Waals surface area contributed by atoms with Crippen LogP contribution < -0.4 is 0 Å². The third-order valence-corrected chi connectivity index (χ3v) is 12.5. The fourth-order valence-corrected chi connectivity index (χ4v) is 9.44. The summed E-state index contributed by atoms with van der Waals surface area (Å²) in [5, 5.41) is 6.79. The summed E-state index contributed by atoms with van der Waals surface area (Å²) in [5.41, 5.74) is 13.8. The van der Waals surface area contributed by atoms with Gasteiger partial charge in [-0.3, -0.25) is 0 Å². The van der Waals surface area contributed by atoms with Crippen molar-refractivity contribution >= 4 is 43.5 Å². The summed E-state index contributed by atoms with van der Waals surface area (Å²) in [4.78, 5) is 15.7. The number of fused-ring (bicyclic) bond motifs is 9. The standard InChI is InChI=1S/C56H37N3O/c1-56(2)48-22-11-10-19-44(48)45-30-29-41(33-49(45)56)54-57-53(37-14-4-3-5-15-37)58-55(59-54)47-32-40-17-8-9-18-42(40)50-46-21-12-20-43(51(46)60-52(47)50)36-26-23-35(24-27-36)39-28-25-34-13-6-7-16-38(34)31-39/h3-33H,1-2H3. The zero-order chi connectivity index (χ0) is 40.0. The zero-order valence-corrected chi connectivity index (χ0v) is 33.1. The Hall–Kier alpha value is -7.69. The predicted molar refractivity (Wildman–Crippen MR) is 247 cm³/mol. The van der Waals surface area contributed by atoms with Crippen LogP contribution in [0.25, 0.3) is 111 Å². The summed E-state index contributed by atoms with van der Waals surface area (Å²) in [6, 6.07) is 66.7. The highest BCUT2D eigenvalue weighted by Crippen LogP contribution is 2.50. The van der Waals surface area contributed by atoms with Gasteiger partial charge in [0.2, 0.25) is 0 Å². The molecule has 4 nitrogen and oxygen atoms in total. The summed E-state index contributed by atoms with van der Waals surface area (Å²) < 4.78 is 7.11. The Morgan fingerprint density at radius 1 is 0.350 bits per heavy atom. The Morgan fingerprint density at radius 2 is 0.967 bits per heavy atom. The highest BCUT2D eigenvalue weighted by Gasteiger charge is 2.35. The van der Waals surface area contributed by atoms with Gasteiger partial charge in [-0.15, -0.1) is 0 Å². The topological polar surface area (TPSA) is 51.8 Å². The normalized spacial score (nSPS) is 13.0. The van der Waals surface area contributed by atoms with Crippen LogP contribution in [0.1, 0.15) is 25.0 Å². The number of para-hydroxylation sites is 1. The first-order valence-corrected chi connectivity index (χ1v) is 20.5. The molecule has 2 heterocycles. The number of nitrogens with zero attached hydrogens (tertiary/aromatic N) is 3. The molecule has 0 aliphatic heterocycles. The van der Waals surface area contributed by atoms with Gasteiger partial charge < -0.3 is 4.42 Å². The molecule has 0 bridgehead atoms. The van der Waals surface area contributed by atoms with Crippen LogP contribution in [0.15, 0.2) is 192 Å². The minimum Gasteiger partial charge on any atom is -0.455 e. The number of aromatic nitrogens is 3. The molecule has 12 rings (SSSR count). The van der Waals surface area contributed by atoms with Crippen molar-refractivity contribution in [3.05, 3.63) is 199 Å². The first kappa shape index (κ1) is 34.4. The van der Waals surface area contributed by atoms with Crippen molar-refractivity contribution in [1.82, 2.24) is 15.0 Å². The third kappa shape index (κ3) is 5.34. The van der Waals surface area contributed by atoms with Gasteiger partial charge in [-0.1, -0.05) is 184 Å². The van der Waals surface area contributed by atoms with Crippen molar-refractivity contribution in [1.29, 1.82) is 0 Å². The molecule has 282 valence electrons. The summed E-state index contributed by atoms with van der Waals surface area (Å²) in [6.07, 6.45) is 0. The van der Waals surface area contributed by atoms with E-state index in [0.29, 0.717) is 17.5 Å². The molecule has 11 aromatic rings. The third-order valence-electron chi connectivity index (χ3n) is 12.5. The Labute approximate surface area is 347 Å². The highest BCUT2D eigenvalue weighted by atomic mass is 16.3. The van der Waals surface area contributed by atoms with Gasteiger partial charge in [0.1, 0.15) is 11.2 Å². The van der Waals surface area contributed by atoms with E-state index in [0.717, 1.165) is 60.5 Å². The predicted octanol–water partition coefficient (Wildman–Crippen LogP) is 14.7. The molecule has 9 aromatic carbocycles. The fraction of sp³-hybridized carbons (Fsp3) is 0.0536. The molecule has 0 N–H and O–H groups in total. The van der Waals surface area contributed by atoms with Crippen LogP contribution >= 0.6 is 0 Å². The molecule has 2 aromatic heterocycles. The second-order valence-corrected chi connectivity index (χ2v) is 16.4. The van der Waals surface area contributed by atoms with E-state index in [1.54, 1.807) is 0 Å². The van der Waals surface area contributed by atoms with Gasteiger partial charge in [0, 0.05) is 32.9 Å². The summed E-state index contributed by atoms with van der Waals surface area (Å²) in [7, 11) is 0. The monoisotopic (exact) mass is 767 g/mol. The molecule has 0 unspecified atom stereocenters. The second-order valence-electron chi connectivity index (χ2n) is 16.4. The van der Waals surface area contributed by atoms with E-state index in [2.05, 4.69) is 184 Å². The average molecular weight is 768 g/mol. The maximum atomic E-state index is 7.11. The average Bonchev–Trinajstić information content (AvgIpc) is 3.81. The zero-order valence-electron chi connectivity index (χ0n) is 33.1. The van der Waals surface area contributed by atoms with Crippen molar-refractivity contribution in [3.63, 3.8) is 0 Å². The van der Waals surface area contributed by atoms with Crippen LogP contribution in [0, 0.1) is 0 Å². The van der Waals surface area contributed by atoms with E-state index in [4.69, 9.17) is 19.4 Å². The Kier molecular flexibility index (Phi) is 7.54. The fourth-order valence-electron chi connectivity index (χ4n) is 9.44.